The van der Waals surface area contributed by atoms with E-state index in [2.05, 4.69) is 15.9 Å². The molecule has 0 saturated heterocycles. The number of anilines is 1. The van der Waals surface area contributed by atoms with Crippen LogP contribution in [0, 0.1) is 10.1 Å². The van der Waals surface area contributed by atoms with Crippen molar-refractivity contribution in [1.82, 2.24) is 0 Å². The summed E-state index contributed by atoms with van der Waals surface area (Å²) >= 11 is 5.02. The summed E-state index contributed by atoms with van der Waals surface area (Å²) in [6, 6.07) is 10.3. The first-order valence-electron chi connectivity index (χ1n) is 6.00. The lowest BCUT2D eigenvalue weighted by Gasteiger charge is -2.07. The maximum atomic E-state index is 10.9. The minimum absolute atomic E-state index is 0.0290. The van der Waals surface area contributed by atoms with Gasteiger partial charge in [0.25, 0.3) is 5.69 Å². The molecular weight excluding hydrogens is 356 g/mol. The second kappa shape index (κ2) is 6.82. The summed E-state index contributed by atoms with van der Waals surface area (Å²) in [6.07, 6.45) is 0. The van der Waals surface area contributed by atoms with Crippen LogP contribution in [-0.4, -0.2) is 12.0 Å². The zero-order valence-corrected chi connectivity index (χ0v) is 13.6. The van der Waals surface area contributed by atoms with Crippen molar-refractivity contribution in [3.8, 4) is 5.75 Å². The van der Waals surface area contributed by atoms with Crippen molar-refractivity contribution < 1.29 is 9.66 Å². The Hall–Kier alpha value is -1.73. The molecule has 2 aromatic carbocycles. The van der Waals surface area contributed by atoms with Gasteiger partial charge in [-0.25, -0.2) is 0 Å². The van der Waals surface area contributed by atoms with E-state index in [0.29, 0.717) is 17.2 Å². The molecule has 0 amide bonds. The third kappa shape index (κ3) is 4.12. The van der Waals surface area contributed by atoms with Crippen LogP contribution in [0.1, 0.15) is 5.56 Å². The molecule has 0 radical (unpaired) electrons. The normalized spacial score (nSPS) is 10.4. The lowest BCUT2D eigenvalue weighted by atomic mass is 10.2. The van der Waals surface area contributed by atoms with Crippen LogP contribution in [0.2, 0.25) is 0 Å². The lowest BCUT2D eigenvalue weighted by molar-refractivity contribution is -0.385. The number of nitrogen functional groups attached to an aromatic ring is 1. The molecule has 110 valence electrons. The van der Waals surface area contributed by atoms with Gasteiger partial charge in [-0.05, 0) is 45.8 Å². The predicted molar refractivity (Wildman–Crippen MR) is 87.8 cm³/mol. The van der Waals surface area contributed by atoms with Crippen molar-refractivity contribution in [2.45, 2.75) is 10.6 Å². The van der Waals surface area contributed by atoms with E-state index in [0.717, 1.165) is 14.9 Å². The summed E-state index contributed by atoms with van der Waals surface area (Å²) in [7, 11) is 1.49. The molecule has 0 aliphatic carbocycles. The number of ether oxygens (including phenoxy) is 1. The number of nitrogens with zero attached hydrogens (tertiary/aromatic N) is 1. The molecule has 0 aliphatic heterocycles. The molecule has 0 fully saturated rings. The molecule has 0 spiro atoms. The van der Waals surface area contributed by atoms with Gasteiger partial charge in [0.1, 0.15) is 5.75 Å². The van der Waals surface area contributed by atoms with Gasteiger partial charge in [0.15, 0.2) is 0 Å². The first-order valence-corrected chi connectivity index (χ1v) is 7.77. The molecule has 0 aliphatic rings. The maximum absolute atomic E-state index is 10.9. The largest absolute Gasteiger partial charge is 0.496 e. The summed E-state index contributed by atoms with van der Waals surface area (Å²) in [5.74, 6) is 1.08. The van der Waals surface area contributed by atoms with E-state index in [-0.39, 0.29) is 5.69 Å². The minimum atomic E-state index is -0.421. The van der Waals surface area contributed by atoms with Crippen LogP contribution in [0.3, 0.4) is 0 Å². The smallest absolute Gasteiger partial charge is 0.273 e. The quantitative estimate of drug-likeness (QED) is 0.369. The van der Waals surface area contributed by atoms with E-state index in [1.54, 1.807) is 23.9 Å². The Morgan fingerprint density at radius 2 is 2.10 bits per heavy atom. The van der Waals surface area contributed by atoms with Gasteiger partial charge in [0.2, 0.25) is 0 Å². The standard InChI is InChI=1S/C14H13BrN2O3S/c1-20-12-5-9(4-11(7-12)17(18)19)8-21-14-3-2-10(16)6-13(14)15/h2-7H,8,16H2,1H3. The highest BCUT2D eigenvalue weighted by Gasteiger charge is 2.11. The number of halogens is 1. The number of thioether (sulfide) groups is 1. The molecule has 0 heterocycles. The molecule has 7 heteroatoms. The fourth-order valence-corrected chi connectivity index (χ4v) is 3.34. The Morgan fingerprint density at radius 1 is 1.33 bits per heavy atom. The average Bonchev–Trinajstić information content (AvgIpc) is 2.46. The summed E-state index contributed by atoms with van der Waals surface area (Å²) in [6.45, 7) is 0. The number of hydrogen-bond acceptors (Lipinski definition) is 5. The Bertz CT molecular complexity index is 679. The number of methoxy groups -OCH3 is 1. The number of hydrogen-bond donors (Lipinski definition) is 1. The number of benzene rings is 2. The number of non-ortho nitro benzene ring substituents is 1. The molecule has 0 saturated carbocycles. The summed E-state index contributed by atoms with van der Waals surface area (Å²) in [5, 5.41) is 10.9. The molecular formula is C14H13BrN2O3S. The molecule has 0 atom stereocenters. The number of nitrogens with two attached hydrogens (primary N) is 1. The van der Waals surface area contributed by atoms with Gasteiger partial charge in [-0.2, -0.15) is 0 Å². The van der Waals surface area contributed by atoms with Crippen molar-refractivity contribution in [2.75, 3.05) is 12.8 Å². The van der Waals surface area contributed by atoms with Gasteiger partial charge in [-0.1, -0.05) is 0 Å². The molecule has 2 N–H and O–H groups in total. The van der Waals surface area contributed by atoms with Crippen LogP contribution < -0.4 is 10.5 Å². The Labute approximate surface area is 134 Å². The van der Waals surface area contributed by atoms with Gasteiger partial charge in [-0.3, -0.25) is 10.1 Å². The lowest BCUT2D eigenvalue weighted by Crippen LogP contribution is -1.93. The van der Waals surface area contributed by atoms with Crippen LogP contribution in [-0.2, 0) is 5.75 Å². The molecule has 0 bridgehead atoms. The topological polar surface area (TPSA) is 78.4 Å². The predicted octanol–water partition coefficient (Wildman–Crippen LogP) is 4.24. The first kappa shape index (κ1) is 15.7. The summed E-state index contributed by atoms with van der Waals surface area (Å²) in [4.78, 5) is 11.5. The Kier molecular flexibility index (Phi) is 5.08. The van der Waals surface area contributed by atoms with Crippen molar-refractivity contribution in [3.05, 3.63) is 56.5 Å². The number of nitro benzene ring substituents is 1. The fraction of sp³-hybridized carbons (Fsp3) is 0.143. The Balaban J connectivity index is 2.19. The van der Waals surface area contributed by atoms with Gasteiger partial charge < -0.3 is 10.5 Å². The van der Waals surface area contributed by atoms with Crippen molar-refractivity contribution in [3.63, 3.8) is 0 Å². The highest BCUT2D eigenvalue weighted by atomic mass is 79.9. The van der Waals surface area contributed by atoms with E-state index in [1.807, 2.05) is 18.2 Å². The second-order valence-corrected chi connectivity index (χ2v) is 6.15. The van der Waals surface area contributed by atoms with E-state index in [1.165, 1.54) is 13.2 Å². The van der Waals surface area contributed by atoms with Crippen LogP contribution in [0.15, 0.2) is 45.8 Å². The third-order valence-electron chi connectivity index (χ3n) is 2.75. The van der Waals surface area contributed by atoms with Crippen LogP contribution in [0.25, 0.3) is 0 Å². The van der Waals surface area contributed by atoms with Gasteiger partial charge >= 0.3 is 0 Å². The molecule has 5 nitrogen and oxygen atoms in total. The van der Waals surface area contributed by atoms with E-state index < -0.39 is 4.92 Å². The molecule has 0 aromatic heterocycles. The van der Waals surface area contributed by atoms with Crippen LogP contribution >= 0.6 is 27.7 Å². The zero-order chi connectivity index (χ0) is 15.4. The fourth-order valence-electron chi connectivity index (χ4n) is 1.75. The van der Waals surface area contributed by atoms with Crippen LogP contribution in [0.4, 0.5) is 11.4 Å². The van der Waals surface area contributed by atoms with E-state index in [9.17, 15) is 10.1 Å². The summed E-state index contributed by atoms with van der Waals surface area (Å²) in [5.41, 5.74) is 7.24. The Morgan fingerprint density at radius 3 is 2.71 bits per heavy atom. The number of rotatable bonds is 5. The average molecular weight is 369 g/mol. The van der Waals surface area contributed by atoms with E-state index in [4.69, 9.17) is 10.5 Å². The monoisotopic (exact) mass is 368 g/mol. The van der Waals surface area contributed by atoms with Crippen molar-refractivity contribution in [2.24, 2.45) is 0 Å². The zero-order valence-electron chi connectivity index (χ0n) is 11.2. The first-order chi connectivity index (χ1) is 9.99. The van der Waals surface area contributed by atoms with Crippen molar-refractivity contribution in [1.29, 1.82) is 0 Å². The van der Waals surface area contributed by atoms with Crippen molar-refractivity contribution >= 4 is 39.1 Å². The highest BCUT2D eigenvalue weighted by molar-refractivity contribution is 9.10. The number of nitro groups is 1. The minimum Gasteiger partial charge on any atom is -0.496 e. The SMILES string of the molecule is COc1cc(CSc2ccc(N)cc2Br)cc([N+](=O)[O-])c1. The van der Waals surface area contributed by atoms with Crippen LogP contribution in [0.5, 0.6) is 5.75 Å². The molecule has 21 heavy (non-hydrogen) atoms. The van der Waals surface area contributed by atoms with Gasteiger partial charge in [0.05, 0.1) is 18.1 Å². The third-order valence-corrected chi connectivity index (χ3v) is 4.81. The highest BCUT2D eigenvalue weighted by Crippen LogP contribution is 2.33. The van der Waals surface area contributed by atoms with E-state index >= 15 is 0 Å². The summed E-state index contributed by atoms with van der Waals surface area (Å²) < 4.78 is 6.00. The molecule has 2 rings (SSSR count). The molecule has 2 aromatic rings. The van der Waals surface area contributed by atoms with Gasteiger partial charge in [0, 0.05) is 26.9 Å². The maximum Gasteiger partial charge on any atom is 0.273 e. The van der Waals surface area contributed by atoms with Gasteiger partial charge in [-0.15, -0.1) is 11.8 Å². The second-order valence-electron chi connectivity index (χ2n) is 4.27. The molecule has 0 unspecified atom stereocenters.